The van der Waals surface area contributed by atoms with Crippen LogP contribution in [0.3, 0.4) is 0 Å². The molecule has 1 N–H and O–H groups in total. The van der Waals surface area contributed by atoms with Crippen LogP contribution in [0.2, 0.25) is 0 Å². The summed E-state index contributed by atoms with van der Waals surface area (Å²) in [6.45, 7) is 2.03. The van der Waals surface area contributed by atoms with Crippen LogP contribution < -0.4 is 5.32 Å². The Kier molecular flexibility index (Phi) is 4.39. The van der Waals surface area contributed by atoms with Gasteiger partial charge in [-0.1, -0.05) is 0 Å². The van der Waals surface area contributed by atoms with Gasteiger partial charge in [0.25, 0.3) is 5.91 Å². The van der Waals surface area contributed by atoms with Crippen molar-refractivity contribution < 1.29 is 4.79 Å². The number of carbonyl (C=O) groups excluding carboxylic acids is 1. The highest BCUT2D eigenvalue weighted by atomic mass is 16.1. The number of aryl methyl sites for hydroxylation is 1. The lowest BCUT2D eigenvalue weighted by Gasteiger charge is -2.18. The van der Waals surface area contributed by atoms with Crippen molar-refractivity contribution in [2.24, 2.45) is 5.92 Å². The molecule has 6 heteroatoms. The van der Waals surface area contributed by atoms with E-state index in [-0.39, 0.29) is 11.9 Å². The van der Waals surface area contributed by atoms with Gasteiger partial charge in [-0.3, -0.25) is 14.8 Å². The number of nitrogens with zero attached hydrogens (tertiary/aromatic N) is 4. The minimum Gasteiger partial charge on any atom is -0.343 e. The highest BCUT2D eigenvalue weighted by Crippen LogP contribution is 2.40. The molecule has 130 valence electrons. The summed E-state index contributed by atoms with van der Waals surface area (Å²) in [6.07, 6.45) is 10.5. The predicted molar refractivity (Wildman–Crippen MR) is 97.2 cm³/mol. The second-order valence-electron chi connectivity index (χ2n) is 6.58. The van der Waals surface area contributed by atoms with Crippen molar-refractivity contribution in [2.75, 3.05) is 0 Å². The molecule has 0 bridgehead atoms. The number of aromatic nitrogens is 4. The summed E-state index contributed by atoms with van der Waals surface area (Å²) >= 11 is 0. The summed E-state index contributed by atoms with van der Waals surface area (Å²) in [7, 11) is 0. The number of hydrogen-bond acceptors (Lipinski definition) is 5. The lowest BCUT2D eigenvalue weighted by molar-refractivity contribution is 0.0930. The van der Waals surface area contributed by atoms with E-state index < -0.39 is 0 Å². The quantitative estimate of drug-likeness (QED) is 0.768. The Morgan fingerprint density at radius 1 is 1.12 bits per heavy atom. The van der Waals surface area contributed by atoms with E-state index >= 15 is 0 Å². The molecule has 0 aromatic carbocycles. The number of carbonyl (C=O) groups is 1. The van der Waals surface area contributed by atoms with E-state index in [1.807, 2.05) is 31.2 Å². The number of nitrogens with one attached hydrogen (secondary N) is 1. The number of amides is 1. The van der Waals surface area contributed by atoms with Crippen molar-refractivity contribution in [2.45, 2.75) is 25.8 Å². The SMILES string of the molecule is Cc1ccnc(C(NC(=O)c2cnc(-c3cccnc3)nc2)C2CC2)c1. The van der Waals surface area contributed by atoms with Crippen molar-refractivity contribution >= 4 is 5.91 Å². The zero-order valence-electron chi connectivity index (χ0n) is 14.5. The molecule has 26 heavy (non-hydrogen) atoms. The minimum atomic E-state index is -0.178. The van der Waals surface area contributed by atoms with Crippen molar-refractivity contribution in [3.05, 3.63) is 72.1 Å². The fourth-order valence-corrected chi connectivity index (χ4v) is 2.91. The standard InChI is InChI=1S/C20H19N5O/c1-13-6-8-22-17(9-13)18(14-4-5-14)25-20(26)16-11-23-19(24-12-16)15-3-2-7-21-10-15/h2-3,6-12,14,18H,4-5H2,1H3,(H,25,26). The molecule has 0 saturated heterocycles. The molecule has 1 amide bonds. The maximum absolute atomic E-state index is 12.7. The van der Waals surface area contributed by atoms with Crippen LogP contribution in [0.25, 0.3) is 11.4 Å². The van der Waals surface area contributed by atoms with E-state index in [1.54, 1.807) is 31.0 Å². The third-order valence-corrected chi connectivity index (χ3v) is 4.47. The lowest BCUT2D eigenvalue weighted by atomic mass is 10.1. The molecule has 4 rings (SSSR count). The van der Waals surface area contributed by atoms with E-state index in [2.05, 4.69) is 25.3 Å². The molecule has 1 aliphatic carbocycles. The van der Waals surface area contributed by atoms with E-state index in [0.717, 1.165) is 29.7 Å². The molecule has 1 fully saturated rings. The van der Waals surface area contributed by atoms with Crippen LogP contribution in [0, 0.1) is 12.8 Å². The Morgan fingerprint density at radius 2 is 1.92 bits per heavy atom. The smallest absolute Gasteiger partial charge is 0.254 e. The van der Waals surface area contributed by atoms with Gasteiger partial charge in [-0.2, -0.15) is 0 Å². The maximum Gasteiger partial charge on any atom is 0.254 e. The Hall–Kier alpha value is -3.15. The van der Waals surface area contributed by atoms with E-state index in [0.29, 0.717) is 17.3 Å². The van der Waals surface area contributed by atoms with E-state index in [4.69, 9.17) is 0 Å². The zero-order chi connectivity index (χ0) is 17.9. The Morgan fingerprint density at radius 3 is 2.58 bits per heavy atom. The van der Waals surface area contributed by atoms with Crippen molar-refractivity contribution in [3.8, 4) is 11.4 Å². The van der Waals surface area contributed by atoms with Crippen LogP contribution >= 0.6 is 0 Å². The van der Waals surface area contributed by atoms with Gasteiger partial charge in [0, 0.05) is 36.5 Å². The molecule has 1 aliphatic rings. The molecule has 6 nitrogen and oxygen atoms in total. The minimum absolute atomic E-state index is 0.0691. The van der Waals surface area contributed by atoms with Gasteiger partial charge in [0.1, 0.15) is 0 Å². The summed E-state index contributed by atoms with van der Waals surface area (Å²) in [5.74, 6) is 0.820. The van der Waals surface area contributed by atoms with Crippen molar-refractivity contribution in [3.63, 3.8) is 0 Å². The summed E-state index contributed by atoms with van der Waals surface area (Å²) in [5, 5.41) is 3.10. The average molecular weight is 345 g/mol. The summed E-state index contributed by atoms with van der Waals surface area (Å²) in [5.41, 5.74) is 3.31. The predicted octanol–water partition coefficient (Wildman–Crippen LogP) is 3.12. The number of pyridine rings is 2. The molecular formula is C20H19N5O. The Balaban J connectivity index is 1.51. The first-order chi connectivity index (χ1) is 12.7. The largest absolute Gasteiger partial charge is 0.343 e. The lowest BCUT2D eigenvalue weighted by Crippen LogP contribution is -2.30. The molecule has 1 atom stereocenters. The van der Waals surface area contributed by atoms with Gasteiger partial charge in [-0.05, 0) is 55.5 Å². The zero-order valence-corrected chi connectivity index (χ0v) is 14.5. The Bertz CT molecular complexity index is 907. The molecule has 1 saturated carbocycles. The van der Waals surface area contributed by atoms with Crippen LogP contribution in [0.4, 0.5) is 0 Å². The molecule has 0 aliphatic heterocycles. The molecule has 0 radical (unpaired) electrons. The van der Waals surface area contributed by atoms with Crippen molar-refractivity contribution in [1.29, 1.82) is 0 Å². The van der Waals surface area contributed by atoms with Crippen LogP contribution in [0.5, 0.6) is 0 Å². The molecule has 3 aromatic heterocycles. The second-order valence-corrected chi connectivity index (χ2v) is 6.58. The highest BCUT2D eigenvalue weighted by molar-refractivity contribution is 5.94. The van der Waals surface area contributed by atoms with Crippen LogP contribution in [-0.2, 0) is 0 Å². The first kappa shape index (κ1) is 16.3. The Labute approximate surface area is 151 Å². The van der Waals surface area contributed by atoms with Gasteiger partial charge >= 0.3 is 0 Å². The monoisotopic (exact) mass is 345 g/mol. The molecule has 0 spiro atoms. The number of rotatable bonds is 5. The van der Waals surface area contributed by atoms with Gasteiger partial charge in [-0.25, -0.2) is 9.97 Å². The third kappa shape index (κ3) is 3.59. The molecular weight excluding hydrogens is 326 g/mol. The van der Waals surface area contributed by atoms with Crippen LogP contribution in [0.15, 0.2) is 55.2 Å². The van der Waals surface area contributed by atoms with E-state index in [9.17, 15) is 4.79 Å². The van der Waals surface area contributed by atoms with Crippen molar-refractivity contribution in [1.82, 2.24) is 25.3 Å². The highest BCUT2D eigenvalue weighted by Gasteiger charge is 2.34. The summed E-state index contributed by atoms with van der Waals surface area (Å²) in [6, 6.07) is 7.63. The first-order valence-electron chi connectivity index (χ1n) is 8.66. The maximum atomic E-state index is 12.7. The first-order valence-corrected chi connectivity index (χ1v) is 8.66. The van der Waals surface area contributed by atoms with Crippen LogP contribution in [0.1, 0.15) is 40.5 Å². The fourth-order valence-electron chi connectivity index (χ4n) is 2.91. The second kappa shape index (κ2) is 7.00. The summed E-state index contributed by atoms with van der Waals surface area (Å²) < 4.78 is 0. The fraction of sp³-hybridized carbons (Fsp3) is 0.250. The molecule has 3 aromatic rings. The third-order valence-electron chi connectivity index (χ3n) is 4.47. The van der Waals surface area contributed by atoms with E-state index in [1.165, 1.54) is 0 Å². The van der Waals surface area contributed by atoms with Gasteiger partial charge in [0.05, 0.1) is 17.3 Å². The summed E-state index contributed by atoms with van der Waals surface area (Å²) in [4.78, 5) is 29.8. The molecule has 3 heterocycles. The van der Waals surface area contributed by atoms with Gasteiger partial charge in [0.15, 0.2) is 5.82 Å². The average Bonchev–Trinajstić information content (AvgIpc) is 3.52. The molecule has 1 unspecified atom stereocenters. The van der Waals surface area contributed by atoms with Gasteiger partial charge < -0.3 is 5.32 Å². The topological polar surface area (TPSA) is 80.7 Å². The number of hydrogen-bond donors (Lipinski definition) is 1. The van der Waals surface area contributed by atoms with Gasteiger partial charge in [0.2, 0.25) is 0 Å². The normalized spacial score (nSPS) is 14.7. The van der Waals surface area contributed by atoms with Gasteiger partial charge in [-0.15, -0.1) is 0 Å². The van der Waals surface area contributed by atoms with Crippen LogP contribution in [-0.4, -0.2) is 25.8 Å².